The summed E-state index contributed by atoms with van der Waals surface area (Å²) < 4.78 is 77.3. The average molecular weight is 273 g/mol. The molecule has 0 saturated heterocycles. The molecule has 0 unspecified atom stereocenters. The van der Waals surface area contributed by atoms with Crippen LogP contribution in [0, 0.1) is 17.7 Å². The Hall–Kier alpha value is -1.80. The molecule has 9 heteroatoms. The molecule has 1 aromatic rings. The maximum absolute atomic E-state index is 13.0. The third-order valence-electron chi connectivity index (χ3n) is 1.72. The third kappa shape index (κ3) is 3.90. The van der Waals surface area contributed by atoms with Gasteiger partial charge in [-0.25, -0.2) is 9.18 Å². The van der Waals surface area contributed by atoms with Crippen molar-refractivity contribution in [3.05, 3.63) is 29.3 Å². The van der Waals surface area contributed by atoms with Gasteiger partial charge in [-0.15, -0.1) is 0 Å². The largest absolute Gasteiger partial charge is 0.462 e. The van der Waals surface area contributed by atoms with Crippen LogP contribution in [-0.4, -0.2) is 23.7 Å². The molecule has 0 aliphatic heterocycles. The minimum absolute atomic E-state index is 0.230. The summed E-state index contributed by atoms with van der Waals surface area (Å²) in [5.74, 6) is -6.75. The first-order valence-electron chi connectivity index (χ1n) is 4.46. The van der Waals surface area contributed by atoms with Gasteiger partial charge >= 0.3 is 12.1 Å². The summed E-state index contributed by atoms with van der Waals surface area (Å²) in [6.07, 6.45) is -6.01. The maximum Gasteiger partial charge on any atom is 0.392 e. The zero-order valence-electron chi connectivity index (χ0n) is 8.52. The Morgan fingerprint density at radius 1 is 1.28 bits per heavy atom. The van der Waals surface area contributed by atoms with Crippen LogP contribution in [0.25, 0.3) is 0 Å². The van der Waals surface area contributed by atoms with Gasteiger partial charge in [0.2, 0.25) is 5.95 Å². The Balaban J connectivity index is 2.73. The number of pyridine rings is 1. The van der Waals surface area contributed by atoms with Gasteiger partial charge in [0.15, 0.2) is 5.82 Å². The molecule has 0 aliphatic rings. The van der Waals surface area contributed by atoms with E-state index in [4.69, 9.17) is 0 Å². The number of rotatable bonds is 3. The number of alkyl halides is 3. The third-order valence-corrected chi connectivity index (χ3v) is 1.72. The molecule has 100 valence electrons. The molecule has 3 nitrogen and oxygen atoms in total. The van der Waals surface area contributed by atoms with E-state index >= 15 is 0 Å². The van der Waals surface area contributed by atoms with Gasteiger partial charge in [0.1, 0.15) is 12.2 Å². The van der Waals surface area contributed by atoms with Crippen molar-refractivity contribution >= 4 is 5.97 Å². The summed E-state index contributed by atoms with van der Waals surface area (Å²) in [6, 6.07) is 0.230. The van der Waals surface area contributed by atoms with Crippen LogP contribution >= 0.6 is 0 Å². The lowest BCUT2D eigenvalue weighted by Gasteiger charge is -2.08. The molecule has 1 rings (SSSR count). The highest BCUT2D eigenvalue weighted by atomic mass is 19.4. The lowest BCUT2D eigenvalue weighted by atomic mass is 10.2. The summed E-state index contributed by atoms with van der Waals surface area (Å²) in [5.41, 5.74) is -1.15. The fourth-order valence-electron chi connectivity index (χ4n) is 0.954. The molecule has 18 heavy (non-hydrogen) atoms. The van der Waals surface area contributed by atoms with Gasteiger partial charge in [-0.05, 0) is 0 Å². The van der Waals surface area contributed by atoms with Gasteiger partial charge in [0.25, 0.3) is 5.95 Å². The first-order valence-corrected chi connectivity index (χ1v) is 4.46. The van der Waals surface area contributed by atoms with E-state index in [0.717, 1.165) is 0 Å². The second-order valence-electron chi connectivity index (χ2n) is 3.10. The van der Waals surface area contributed by atoms with Crippen LogP contribution in [0.1, 0.15) is 16.8 Å². The molecule has 0 atom stereocenters. The van der Waals surface area contributed by atoms with Crippen LogP contribution in [0.5, 0.6) is 0 Å². The second kappa shape index (κ2) is 5.23. The SMILES string of the molecule is O=C(OCCC(F)(F)F)c1cc(F)nc(F)c1F. The average Bonchev–Trinajstić information content (AvgIpc) is 2.21. The molecule has 0 bridgehead atoms. The predicted molar refractivity (Wildman–Crippen MR) is 45.1 cm³/mol. The summed E-state index contributed by atoms with van der Waals surface area (Å²) in [5, 5.41) is 0. The first-order chi connectivity index (χ1) is 8.20. The monoisotopic (exact) mass is 273 g/mol. The molecule has 0 spiro atoms. The lowest BCUT2D eigenvalue weighted by Crippen LogP contribution is -2.16. The molecular formula is C9H5F6NO2. The van der Waals surface area contributed by atoms with E-state index in [-0.39, 0.29) is 6.07 Å². The zero-order valence-corrected chi connectivity index (χ0v) is 8.52. The minimum Gasteiger partial charge on any atom is -0.462 e. The van der Waals surface area contributed by atoms with Gasteiger partial charge in [-0.2, -0.15) is 26.9 Å². The molecule has 1 aromatic heterocycles. The van der Waals surface area contributed by atoms with E-state index in [2.05, 4.69) is 9.72 Å². The predicted octanol–water partition coefficient (Wildman–Crippen LogP) is 2.61. The van der Waals surface area contributed by atoms with E-state index in [1.807, 2.05) is 0 Å². The van der Waals surface area contributed by atoms with E-state index in [0.29, 0.717) is 0 Å². The molecule has 0 N–H and O–H groups in total. The van der Waals surface area contributed by atoms with Gasteiger partial charge < -0.3 is 4.74 Å². The molecule has 0 aromatic carbocycles. The lowest BCUT2D eigenvalue weighted by molar-refractivity contribution is -0.141. The smallest absolute Gasteiger partial charge is 0.392 e. The summed E-state index contributed by atoms with van der Waals surface area (Å²) in [6.45, 7) is -1.08. The normalized spacial score (nSPS) is 11.4. The number of hydrogen-bond acceptors (Lipinski definition) is 3. The van der Waals surface area contributed by atoms with E-state index < -0.39 is 48.4 Å². The van der Waals surface area contributed by atoms with Gasteiger partial charge in [0.05, 0.1) is 6.42 Å². The van der Waals surface area contributed by atoms with Gasteiger partial charge in [-0.3, -0.25) is 0 Å². The van der Waals surface area contributed by atoms with Gasteiger partial charge in [-0.1, -0.05) is 0 Å². The summed E-state index contributed by atoms with van der Waals surface area (Å²) in [4.78, 5) is 13.5. The van der Waals surface area contributed by atoms with Crippen molar-refractivity contribution in [2.45, 2.75) is 12.6 Å². The Kier molecular flexibility index (Phi) is 4.15. The van der Waals surface area contributed by atoms with Crippen molar-refractivity contribution < 1.29 is 35.9 Å². The Morgan fingerprint density at radius 2 is 1.89 bits per heavy atom. The fourth-order valence-corrected chi connectivity index (χ4v) is 0.954. The number of nitrogens with zero attached hydrogens (tertiary/aromatic N) is 1. The quantitative estimate of drug-likeness (QED) is 0.482. The van der Waals surface area contributed by atoms with Crippen molar-refractivity contribution in [2.75, 3.05) is 6.61 Å². The first kappa shape index (κ1) is 14.3. The maximum atomic E-state index is 13.0. The molecule has 0 amide bonds. The summed E-state index contributed by atoms with van der Waals surface area (Å²) >= 11 is 0. The highest BCUT2D eigenvalue weighted by Gasteiger charge is 2.28. The number of carbonyl (C=O) groups is 1. The topological polar surface area (TPSA) is 39.2 Å². The Morgan fingerprint density at radius 3 is 2.44 bits per heavy atom. The second-order valence-corrected chi connectivity index (χ2v) is 3.10. The Labute approximate surface area is 96.4 Å². The number of aromatic nitrogens is 1. The molecule has 0 aliphatic carbocycles. The minimum atomic E-state index is -4.56. The number of carbonyl (C=O) groups excluding carboxylic acids is 1. The molecule has 1 heterocycles. The van der Waals surface area contributed by atoms with Crippen LogP contribution in [0.2, 0.25) is 0 Å². The van der Waals surface area contributed by atoms with Gasteiger partial charge in [0, 0.05) is 6.07 Å². The van der Waals surface area contributed by atoms with Crippen molar-refractivity contribution in [2.24, 2.45) is 0 Å². The zero-order chi connectivity index (χ0) is 13.9. The number of halogens is 6. The van der Waals surface area contributed by atoms with Crippen LogP contribution in [0.4, 0.5) is 26.3 Å². The number of hydrogen-bond donors (Lipinski definition) is 0. The van der Waals surface area contributed by atoms with E-state index in [9.17, 15) is 31.1 Å². The van der Waals surface area contributed by atoms with Crippen molar-refractivity contribution in [3.63, 3.8) is 0 Å². The van der Waals surface area contributed by atoms with E-state index in [1.54, 1.807) is 0 Å². The standard InChI is InChI=1S/C9H5F6NO2/c10-5-3-4(6(11)7(12)16-5)8(17)18-2-1-9(13,14)15/h3H,1-2H2. The number of esters is 1. The number of ether oxygens (including phenoxy) is 1. The molecule has 0 radical (unpaired) electrons. The highest BCUT2D eigenvalue weighted by molar-refractivity contribution is 5.89. The van der Waals surface area contributed by atoms with Crippen molar-refractivity contribution in [1.82, 2.24) is 4.98 Å². The highest BCUT2D eigenvalue weighted by Crippen LogP contribution is 2.20. The van der Waals surface area contributed by atoms with Crippen molar-refractivity contribution in [1.29, 1.82) is 0 Å². The van der Waals surface area contributed by atoms with E-state index in [1.165, 1.54) is 0 Å². The van der Waals surface area contributed by atoms with Crippen LogP contribution in [-0.2, 0) is 4.74 Å². The Bertz CT molecular complexity index is 459. The molecular weight excluding hydrogens is 268 g/mol. The molecule has 0 fully saturated rings. The van der Waals surface area contributed by atoms with Crippen molar-refractivity contribution in [3.8, 4) is 0 Å². The van der Waals surface area contributed by atoms with Crippen LogP contribution in [0.15, 0.2) is 6.07 Å². The molecule has 0 saturated carbocycles. The van der Waals surface area contributed by atoms with Crippen LogP contribution < -0.4 is 0 Å². The van der Waals surface area contributed by atoms with Crippen LogP contribution in [0.3, 0.4) is 0 Å². The fraction of sp³-hybridized carbons (Fsp3) is 0.333. The summed E-state index contributed by atoms with van der Waals surface area (Å²) in [7, 11) is 0.